The second-order valence-corrected chi connectivity index (χ2v) is 5.30. The van der Waals surface area contributed by atoms with Crippen molar-refractivity contribution in [3.8, 4) is 11.3 Å². The van der Waals surface area contributed by atoms with E-state index in [0.717, 1.165) is 22.5 Å². The van der Waals surface area contributed by atoms with E-state index in [1.165, 1.54) is 4.68 Å². The molecule has 0 saturated carbocycles. The number of aromatic nitrogens is 3. The van der Waals surface area contributed by atoms with Crippen LogP contribution >= 0.6 is 0 Å². The molecule has 0 aliphatic carbocycles. The minimum absolute atomic E-state index is 0.146. The normalized spacial score (nSPS) is 10.5. The predicted molar refractivity (Wildman–Crippen MR) is 91.9 cm³/mol. The number of aryl methyl sites for hydroxylation is 2. The second-order valence-electron chi connectivity index (χ2n) is 5.30. The van der Waals surface area contributed by atoms with E-state index in [-0.39, 0.29) is 5.56 Å². The van der Waals surface area contributed by atoms with Gasteiger partial charge < -0.3 is 5.32 Å². The van der Waals surface area contributed by atoms with E-state index in [9.17, 15) is 4.79 Å². The van der Waals surface area contributed by atoms with Crippen LogP contribution in [0.5, 0.6) is 0 Å². The molecular weight excluding hydrogens is 288 g/mol. The van der Waals surface area contributed by atoms with Gasteiger partial charge in [0, 0.05) is 18.3 Å². The summed E-state index contributed by atoms with van der Waals surface area (Å²) in [6.45, 7) is 4.45. The molecule has 0 amide bonds. The maximum atomic E-state index is 12.5. The largest absolute Gasteiger partial charge is 0.350 e. The summed E-state index contributed by atoms with van der Waals surface area (Å²) in [6, 6.07) is 13.6. The van der Waals surface area contributed by atoms with Crippen LogP contribution in [0.25, 0.3) is 11.3 Å². The molecule has 2 heterocycles. The molecule has 0 atom stereocenters. The maximum absolute atomic E-state index is 12.5. The lowest BCUT2D eigenvalue weighted by Crippen LogP contribution is -2.24. The van der Waals surface area contributed by atoms with Gasteiger partial charge in [0.15, 0.2) is 0 Å². The van der Waals surface area contributed by atoms with Crippen LogP contribution in [0.4, 0.5) is 11.4 Å². The molecule has 3 aromatic rings. The Morgan fingerprint density at radius 2 is 2.04 bits per heavy atom. The lowest BCUT2D eigenvalue weighted by Gasteiger charge is -2.11. The van der Waals surface area contributed by atoms with Crippen molar-refractivity contribution in [2.24, 2.45) is 0 Å². The van der Waals surface area contributed by atoms with Crippen molar-refractivity contribution < 1.29 is 0 Å². The number of pyridine rings is 1. The van der Waals surface area contributed by atoms with Crippen LogP contribution in [0, 0.1) is 6.92 Å². The van der Waals surface area contributed by atoms with E-state index in [4.69, 9.17) is 0 Å². The van der Waals surface area contributed by atoms with Crippen molar-refractivity contribution in [3.05, 3.63) is 70.8 Å². The molecule has 23 heavy (non-hydrogen) atoms. The standard InChI is InChI=1S/C18H18N4O/c1-3-22-18(23)17(20-15-8-5-9-19-12-15)11-16(21-22)14-7-4-6-13(2)10-14/h4-12,20H,3H2,1-2H3. The van der Waals surface area contributed by atoms with Gasteiger partial charge in [0.1, 0.15) is 5.69 Å². The molecule has 2 aromatic heterocycles. The summed E-state index contributed by atoms with van der Waals surface area (Å²) in [5.41, 5.74) is 4.02. The highest BCUT2D eigenvalue weighted by Crippen LogP contribution is 2.21. The predicted octanol–water partition coefficient (Wildman–Crippen LogP) is 3.38. The van der Waals surface area contributed by atoms with Gasteiger partial charge in [-0.3, -0.25) is 9.78 Å². The Morgan fingerprint density at radius 1 is 1.17 bits per heavy atom. The number of nitrogens with one attached hydrogen (secondary N) is 1. The van der Waals surface area contributed by atoms with Gasteiger partial charge in [-0.2, -0.15) is 5.10 Å². The average molecular weight is 306 g/mol. The van der Waals surface area contributed by atoms with Crippen LogP contribution < -0.4 is 10.9 Å². The first kappa shape index (κ1) is 15.0. The highest BCUT2D eigenvalue weighted by molar-refractivity contribution is 5.67. The number of rotatable bonds is 4. The molecule has 0 fully saturated rings. The van der Waals surface area contributed by atoms with Crippen LogP contribution in [0.2, 0.25) is 0 Å². The Morgan fingerprint density at radius 3 is 2.74 bits per heavy atom. The summed E-state index contributed by atoms with van der Waals surface area (Å²) in [4.78, 5) is 16.5. The third kappa shape index (κ3) is 3.29. The van der Waals surface area contributed by atoms with Crippen LogP contribution in [0.3, 0.4) is 0 Å². The monoisotopic (exact) mass is 306 g/mol. The van der Waals surface area contributed by atoms with Gasteiger partial charge in [-0.15, -0.1) is 0 Å². The molecule has 0 aliphatic heterocycles. The molecule has 0 aliphatic rings. The molecule has 1 N–H and O–H groups in total. The van der Waals surface area contributed by atoms with Crippen molar-refractivity contribution in [2.75, 3.05) is 5.32 Å². The molecule has 5 nitrogen and oxygen atoms in total. The van der Waals surface area contributed by atoms with Crippen LogP contribution in [0.15, 0.2) is 59.7 Å². The SMILES string of the molecule is CCn1nc(-c2cccc(C)c2)cc(Nc2cccnc2)c1=O. The number of hydrogen-bond donors (Lipinski definition) is 1. The first-order chi connectivity index (χ1) is 11.2. The minimum Gasteiger partial charge on any atom is -0.350 e. The van der Waals surface area contributed by atoms with Crippen molar-refractivity contribution in [2.45, 2.75) is 20.4 Å². The zero-order valence-electron chi connectivity index (χ0n) is 13.2. The Balaban J connectivity index is 2.09. The molecule has 0 radical (unpaired) electrons. The molecule has 3 rings (SSSR count). The third-order valence-electron chi connectivity index (χ3n) is 3.53. The fourth-order valence-electron chi connectivity index (χ4n) is 2.38. The Labute approximate surface area is 134 Å². The van der Waals surface area contributed by atoms with Crippen molar-refractivity contribution >= 4 is 11.4 Å². The Kier molecular flexibility index (Phi) is 4.19. The summed E-state index contributed by atoms with van der Waals surface area (Å²) in [6.07, 6.45) is 3.38. The van der Waals surface area contributed by atoms with Crippen molar-refractivity contribution in [3.63, 3.8) is 0 Å². The summed E-state index contributed by atoms with van der Waals surface area (Å²) in [5, 5.41) is 7.59. The summed E-state index contributed by atoms with van der Waals surface area (Å²) in [7, 11) is 0. The maximum Gasteiger partial charge on any atom is 0.290 e. The fourth-order valence-corrected chi connectivity index (χ4v) is 2.38. The third-order valence-corrected chi connectivity index (χ3v) is 3.53. The van der Waals surface area contributed by atoms with E-state index in [2.05, 4.69) is 21.5 Å². The van der Waals surface area contributed by atoms with Crippen LogP contribution in [0.1, 0.15) is 12.5 Å². The smallest absolute Gasteiger partial charge is 0.290 e. The lowest BCUT2D eigenvalue weighted by atomic mass is 10.1. The molecule has 0 saturated heterocycles. The Bertz CT molecular complexity index is 872. The first-order valence-electron chi connectivity index (χ1n) is 7.53. The van der Waals surface area contributed by atoms with E-state index in [1.54, 1.807) is 18.5 Å². The highest BCUT2D eigenvalue weighted by Gasteiger charge is 2.10. The molecule has 0 unspecified atom stereocenters. The van der Waals surface area contributed by atoms with Crippen LogP contribution in [-0.4, -0.2) is 14.8 Å². The van der Waals surface area contributed by atoms with Gasteiger partial charge in [0.25, 0.3) is 5.56 Å². The van der Waals surface area contributed by atoms with Crippen LogP contribution in [-0.2, 0) is 6.54 Å². The molecule has 116 valence electrons. The number of benzene rings is 1. The Hall–Kier alpha value is -2.95. The lowest BCUT2D eigenvalue weighted by molar-refractivity contribution is 0.621. The molecule has 0 spiro atoms. The molecule has 1 aromatic carbocycles. The zero-order valence-corrected chi connectivity index (χ0v) is 13.2. The molecule has 0 bridgehead atoms. The zero-order chi connectivity index (χ0) is 16.2. The number of hydrogen-bond acceptors (Lipinski definition) is 4. The number of nitrogens with zero attached hydrogens (tertiary/aromatic N) is 3. The second kappa shape index (κ2) is 6.44. The minimum atomic E-state index is -0.146. The number of anilines is 2. The average Bonchev–Trinajstić information content (AvgIpc) is 2.57. The van der Waals surface area contributed by atoms with Gasteiger partial charge in [-0.05, 0) is 38.1 Å². The summed E-state index contributed by atoms with van der Waals surface area (Å²) < 4.78 is 1.47. The van der Waals surface area contributed by atoms with Gasteiger partial charge in [-0.25, -0.2) is 4.68 Å². The molecule has 5 heteroatoms. The summed E-state index contributed by atoms with van der Waals surface area (Å²) in [5.74, 6) is 0. The highest BCUT2D eigenvalue weighted by atomic mass is 16.1. The van der Waals surface area contributed by atoms with E-state index >= 15 is 0 Å². The van der Waals surface area contributed by atoms with E-state index < -0.39 is 0 Å². The van der Waals surface area contributed by atoms with Gasteiger partial charge >= 0.3 is 0 Å². The summed E-state index contributed by atoms with van der Waals surface area (Å²) >= 11 is 0. The topological polar surface area (TPSA) is 59.8 Å². The van der Waals surface area contributed by atoms with E-state index in [0.29, 0.717) is 12.2 Å². The van der Waals surface area contributed by atoms with Gasteiger partial charge in [-0.1, -0.05) is 23.8 Å². The quantitative estimate of drug-likeness (QED) is 0.803. The van der Waals surface area contributed by atoms with Gasteiger partial charge in [0.2, 0.25) is 0 Å². The van der Waals surface area contributed by atoms with Gasteiger partial charge in [0.05, 0.1) is 17.6 Å². The van der Waals surface area contributed by atoms with E-state index in [1.807, 2.05) is 44.2 Å². The van der Waals surface area contributed by atoms with Crippen molar-refractivity contribution in [1.82, 2.24) is 14.8 Å². The van der Waals surface area contributed by atoms with Crippen molar-refractivity contribution in [1.29, 1.82) is 0 Å². The first-order valence-corrected chi connectivity index (χ1v) is 7.53. The fraction of sp³-hybridized carbons (Fsp3) is 0.167. The molecular formula is C18H18N4O.